The summed E-state index contributed by atoms with van der Waals surface area (Å²) in [4.78, 5) is 0. The van der Waals surface area contributed by atoms with Crippen LogP contribution in [-0.4, -0.2) is 5.16 Å². The van der Waals surface area contributed by atoms with Crippen molar-refractivity contribution in [3.05, 3.63) is 36.7 Å². The summed E-state index contributed by atoms with van der Waals surface area (Å²) in [6.07, 6.45) is 3.27. The summed E-state index contributed by atoms with van der Waals surface area (Å²) in [5.74, 6) is 0.331. The van der Waals surface area contributed by atoms with E-state index in [2.05, 4.69) is 5.16 Å². The van der Waals surface area contributed by atoms with Crippen LogP contribution in [0.15, 0.2) is 45.7 Å². The Hall–Kier alpha value is -2.23. The highest BCUT2D eigenvalue weighted by Crippen LogP contribution is 2.28. The quantitative estimate of drug-likeness (QED) is 0.655. The summed E-state index contributed by atoms with van der Waals surface area (Å²) in [5.41, 5.74) is 8.27. The van der Waals surface area contributed by atoms with Crippen LogP contribution in [0.3, 0.4) is 0 Å². The highest BCUT2D eigenvalue weighted by atomic mass is 16.5. The molecule has 4 nitrogen and oxygen atoms in total. The van der Waals surface area contributed by atoms with Crippen molar-refractivity contribution in [3.8, 4) is 11.1 Å². The molecular formula is C11H8N2O2. The molecule has 0 atom stereocenters. The molecule has 1 aromatic carbocycles. The van der Waals surface area contributed by atoms with Crippen LogP contribution in [0.5, 0.6) is 0 Å². The predicted molar refractivity (Wildman–Crippen MR) is 56.1 cm³/mol. The first-order chi connectivity index (χ1) is 7.34. The molecule has 0 spiro atoms. The zero-order valence-corrected chi connectivity index (χ0v) is 7.81. The molecule has 0 aliphatic carbocycles. The summed E-state index contributed by atoms with van der Waals surface area (Å²) in [6, 6.07) is 7.72. The lowest BCUT2D eigenvalue weighted by molar-refractivity contribution is 0.436. The second kappa shape index (κ2) is 2.88. The Bertz CT molecular complexity index is 610. The number of furan rings is 1. The van der Waals surface area contributed by atoms with E-state index < -0.39 is 0 Å². The van der Waals surface area contributed by atoms with Crippen molar-refractivity contribution in [2.45, 2.75) is 0 Å². The van der Waals surface area contributed by atoms with Gasteiger partial charge in [0, 0.05) is 5.39 Å². The first kappa shape index (κ1) is 8.11. The number of anilines is 1. The van der Waals surface area contributed by atoms with Gasteiger partial charge in [-0.1, -0.05) is 11.2 Å². The molecule has 2 aromatic heterocycles. The van der Waals surface area contributed by atoms with Gasteiger partial charge in [0.05, 0.1) is 18.0 Å². The molecule has 2 N–H and O–H groups in total. The second-order valence-corrected chi connectivity index (χ2v) is 3.28. The van der Waals surface area contributed by atoms with Crippen molar-refractivity contribution >= 4 is 16.9 Å². The predicted octanol–water partition coefficient (Wildman–Crippen LogP) is 2.67. The lowest BCUT2D eigenvalue weighted by Gasteiger charge is -1.97. The summed E-state index contributed by atoms with van der Waals surface area (Å²) in [6.45, 7) is 0. The van der Waals surface area contributed by atoms with E-state index >= 15 is 0 Å². The number of nitrogens with two attached hydrogens (primary N) is 1. The average Bonchev–Trinajstić information content (AvgIpc) is 2.84. The van der Waals surface area contributed by atoms with Crippen molar-refractivity contribution in [2.24, 2.45) is 0 Å². The van der Waals surface area contributed by atoms with Gasteiger partial charge in [-0.25, -0.2) is 0 Å². The molecule has 0 bridgehead atoms. The Kier molecular flexibility index (Phi) is 1.56. The van der Waals surface area contributed by atoms with Crippen LogP contribution in [0.25, 0.3) is 22.1 Å². The zero-order chi connectivity index (χ0) is 10.3. The normalized spacial score (nSPS) is 10.9. The standard InChI is InChI=1S/C11H8N2O2/c12-11-9(6-13-15-11)7-1-2-10-8(5-7)3-4-14-10/h1-6H,12H2. The van der Waals surface area contributed by atoms with Crippen LogP contribution < -0.4 is 5.73 Å². The van der Waals surface area contributed by atoms with Gasteiger partial charge < -0.3 is 14.7 Å². The average molecular weight is 200 g/mol. The van der Waals surface area contributed by atoms with E-state index in [9.17, 15) is 0 Å². The summed E-state index contributed by atoms with van der Waals surface area (Å²) in [7, 11) is 0. The van der Waals surface area contributed by atoms with Crippen LogP contribution in [0.1, 0.15) is 0 Å². The summed E-state index contributed by atoms with van der Waals surface area (Å²) in [5, 5.41) is 4.68. The molecule has 74 valence electrons. The molecule has 3 aromatic rings. The van der Waals surface area contributed by atoms with Crippen LogP contribution in [0.2, 0.25) is 0 Å². The maximum absolute atomic E-state index is 5.64. The molecule has 0 saturated carbocycles. The topological polar surface area (TPSA) is 65.2 Å². The Morgan fingerprint density at radius 1 is 1.20 bits per heavy atom. The molecule has 0 fully saturated rings. The Morgan fingerprint density at radius 3 is 2.93 bits per heavy atom. The Morgan fingerprint density at radius 2 is 2.13 bits per heavy atom. The fourth-order valence-electron chi connectivity index (χ4n) is 1.60. The van der Waals surface area contributed by atoms with Crippen LogP contribution >= 0.6 is 0 Å². The molecule has 0 amide bonds. The van der Waals surface area contributed by atoms with E-state index in [4.69, 9.17) is 14.7 Å². The minimum atomic E-state index is 0.331. The number of benzene rings is 1. The largest absolute Gasteiger partial charge is 0.464 e. The van der Waals surface area contributed by atoms with Gasteiger partial charge in [0.2, 0.25) is 5.88 Å². The molecule has 0 aliphatic heterocycles. The number of nitrogens with zero attached hydrogens (tertiary/aromatic N) is 1. The van der Waals surface area contributed by atoms with Gasteiger partial charge in [-0.05, 0) is 23.8 Å². The van der Waals surface area contributed by atoms with Gasteiger partial charge in [0.15, 0.2) is 0 Å². The molecule has 0 aliphatic rings. The van der Waals surface area contributed by atoms with Gasteiger partial charge in [-0.3, -0.25) is 0 Å². The first-order valence-electron chi connectivity index (χ1n) is 4.52. The third-order valence-electron chi connectivity index (χ3n) is 2.36. The van der Waals surface area contributed by atoms with E-state index in [1.165, 1.54) is 0 Å². The van der Waals surface area contributed by atoms with Crippen LogP contribution in [0, 0.1) is 0 Å². The molecule has 3 rings (SSSR count). The Labute approximate surface area is 85.3 Å². The van der Waals surface area contributed by atoms with E-state index in [1.807, 2.05) is 24.3 Å². The van der Waals surface area contributed by atoms with E-state index in [-0.39, 0.29) is 0 Å². The van der Waals surface area contributed by atoms with Gasteiger partial charge in [-0.15, -0.1) is 0 Å². The molecule has 2 heterocycles. The first-order valence-corrected chi connectivity index (χ1v) is 4.52. The number of hydrogen-bond donors (Lipinski definition) is 1. The van der Waals surface area contributed by atoms with E-state index in [1.54, 1.807) is 12.5 Å². The summed E-state index contributed by atoms with van der Waals surface area (Å²) < 4.78 is 10.1. The molecule has 4 heteroatoms. The fraction of sp³-hybridized carbons (Fsp3) is 0. The lowest BCUT2D eigenvalue weighted by Crippen LogP contribution is -1.84. The maximum Gasteiger partial charge on any atom is 0.229 e. The minimum Gasteiger partial charge on any atom is -0.464 e. The minimum absolute atomic E-state index is 0.331. The van der Waals surface area contributed by atoms with Crippen molar-refractivity contribution in [2.75, 3.05) is 5.73 Å². The van der Waals surface area contributed by atoms with E-state index in [0.29, 0.717) is 5.88 Å². The van der Waals surface area contributed by atoms with E-state index in [0.717, 1.165) is 22.1 Å². The monoisotopic (exact) mass is 200 g/mol. The number of rotatable bonds is 1. The van der Waals surface area contributed by atoms with Crippen LogP contribution in [0.4, 0.5) is 5.88 Å². The van der Waals surface area contributed by atoms with Crippen molar-refractivity contribution in [3.63, 3.8) is 0 Å². The summed E-state index contributed by atoms with van der Waals surface area (Å²) >= 11 is 0. The zero-order valence-electron chi connectivity index (χ0n) is 7.81. The highest BCUT2D eigenvalue weighted by molar-refractivity contribution is 5.85. The fourth-order valence-corrected chi connectivity index (χ4v) is 1.60. The molecule has 0 saturated heterocycles. The van der Waals surface area contributed by atoms with Gasteiger partial charge in [-0.2, -0.15) is 0 Å². The SMILES string of the molecule is Nc1oncc1-c1ccc2occc2c1. The Balaban J connectivity index is 2.23. The van der Waals surface area contributed by atoms with Crippen molar-refractivity contribution in [1.82, 2.24) is 5.16 Å². The number of aromatic nitrogens is 1. The van der Waals surface area contributed by atoms with Crippen LogP contribution in [-0.2, 0) is 0 Å². The molecule has 0 radical (unpaired) electrons. The third-order valence-corrected chi connectivity index (χ3v) is 2.36. The van der Waals surface area contributed by atoms with Crippen molar-refractivity contribution in [1.29, 1.82) is 0 Å². The van der Waals surface area contributed by atoms with Crippen molar-refractivity contribution < 1.29 is 8.94 Å². The maximum atomic E-state index is 5.64. The smallest absolute Gasteiger partial charge is 0.229 e. The second-order valence-electron chi connectivity index (χ2n) is 3.28. The molecule has 15 heavy (non-hydrogen) atoms. The lowest BCUT2D eigenvalue weighted by atomic mass is 10.1. The number of hydrogen-bond acceptors (Lipinski definition) is 4. The van der Waals surface area contributed by atoms with Gasteiger partial charge in [0.1, 0.15) is 5.58 Å². The number of fused-ring (bicyclic) bond motifs is 1. The van der Waals surface area contributed by atoms with Gasteiger partial charge in [0.25, 0.3) is 0 Å². The highest BCUT2D eigenvalue weighted by Gasteiger charge is 2.07. The molecule has 0 unspecified atom stereocenters. The molecular weight excluding hydrogens is 192 g/mol. The number of nitrogen functional groups attached to an aromatic ring is 1. The van der Waals surface area contributed by atoms with Gasteiger partial charge >= 0.3 is 0 Å². The third kappa shape index (κ3) is 1.19.